The number of hydrogen-bond acceptors (Lipinski definition) is 4. The van der Waals surface area contributed by atoms with Crippen LogP contribution in [-0.2, 0) is 0 Å². The summed E-state index contributed by atoms with van der Waals surface area (Å²) in [5, 5.41) is 4.82. The third-order valence-electron chi connectivity index (χ3n) is 4.89. The lowest BCUT2D eigenvalue weighted by atomic mass is 9.93. The Balaban J connectivity index is 1.63. The molecule has 1 amide bonds. The van der Waals surface area contributed by atoms with Crippen molar-refractivity contribution in [2.24, 2.45) is 0 Å². The Labute approximate surface area is 156 Å². The molecule has 2 aromatic heterocycles. The highest BCUT2D eigenvalue weighted by Gasteiger charge is 2.28. The Morgan fingerprint density at radius 2 is 2.12 bits per heavy atom. The fourth-order valence-electron chi connectivity index (χ4n) is 3.62. The summed E-state index contributed by atoms with van der Waals surface area (Å²) in [5.74, 6) is 0.785. The van der Waals surface area contributed by atoms with Gasteiger partial charge in [0.25, 0.3) is 11.7 Å². The van der Waals surface area contributed by atoms with E-state index in [0.29, 0.717) is 22.9 Å². The van der Waals surface area contributed by atoms with E-state index in [4.69, 9.17) is 11.6 Å². The summed E-state index contributed by atoms with van der Waals surface area (Å²) in [6.07, 6.45) is 3.46. The minimum absolute atomic E-state index is 0.0136. The number of benzene rings is 1. The molecule has 3 heterocycles. The largest absolute Gasteiger partial charge is 0.338 e. The first-order valence-corrected chi connectivity index (χ1v) is 9.13. The summed E-state index contributed by atoms with van der Waals surface area (Å²) in [7, 11) is 0. The van der Waals surface area contributed by atoms with E-state index in [2.05, 4.69) is 15.1 Å². The molecule has 0 aliphatic carbocycles. The molecule has 3 aromatic rings. The highest BCUT2D eigenvalue weighted by molar-refractivity contribution is 6.33. The van der Waals surface area contributed by atoms with Crippen LogP contribution in [0.4, 0.5) is 0 Å². The molecule has 0 N–H and O–H groups in total. The first kappa shape index (κ1) is 17.0. The maximum absolute atomic E-state index is 13.0. The molecule has 1 aromatic carbocycles. The zero-order valence-electron chi connectivity index (χ0n) is 14.8. The summed E-state index contributed by atoms with van der Waals surface area (Å²) in [4.78, 5) is 23.5. The minimum atomic E-state index is -0.0136. The van der Waals surface area contributed by atoms with Gasteiger partial charge in [0.1, 0.15) is 6.33 Å². The molecule has 0 saturated carbocycles. The Kier molecular flexibility index (Phi) is 4.36. The van der Waals surface area contributed by atoms with Crippen LogP contribution >= 0.6 is 11.6 Å². The van der Waals surface area contributed by atoms with Crippen molar-refractivity contribution >= 4 is 23.3 Å². The van der Waals surface area contributed by atoms with Crippen molar-refractivity contribution in [3.8, 4) is 0 Å². The highest BCUT2D eigenvalue weighted by Crippen LogP contribution is 2.29. The maximum Gasteiger partial charge on any atom is 0.255 e. The van der Waals surface area contributed by atoms with Crippen LogP contribution in [0, 0.1) is 13.8 Å². The lowest BCUT2D eigenvalue weighted by Gasteiger charge is -2.33. The predicted molar refractivity (Wildman–Crippen MR) is 99.6 cm³/mol. The molecule has 1 aliphatic rings. The maximum atomic E-state index is 13.0. The molecule has 0 bridgehead atoms. The van der Waals surface area contributed by atoms with Gasteiger partial charge in [-0.25, -0.2) is 9.50 Å². The number of carbonyl (C=O) groups is 1. The molecule has 4 rings (SSSR count). The number of hydrogen-bond donors (Lipinski definition) is 0. The van der Waals surface area contributed by atoms with Gasteiger partial charge in [0.15, 0.2) is 0 Å². The van der Waals surface area contributed by atoms with Gasteiger partial charge < -0.3 is 4.90 Å². The van der Waals surface area contributed by atoms with E-state index < -0.39 is 0 Å². The van der Waals surface area contributed by atoms with Gasteiger partial charge in [-0.15, -0.1) is 0 Å². The molecule has 134 valence electrons. The number of amides is 1. The van der Waals surface area contributed by atoms with Gasteiger partial charge in [-0.3, -0.25) is 4.79 Å². The average Bonchev–Trinajstić information content (AvgIpc) is 3.09. The number of aromatic nitrogens is 4. The van der Waals surface area contributed by atoms with E-state index in [-0.39, 0.29) is 11.8 Å². The van der Waals surface area contributed by atoms with E-state index in [1.807, 2.05) is 43.0 Å². The SMILES string of the molecule is Cc1ccc(C(=O)N2CCCC(c3cc(C)nc4ncnn34)C2)c(Cl)c1. The van der Waals surface area contributed by atoms with Gasteiger partial charge in [-0.05, 0) is 50.5 Å². The first-order valence-electron chi connectivity index (χ1n) is 8.75. The molecule has 1 fully saturated rings. The van der Waals surface area contributed by atoms with Gasteiger partial charge in [-0.2, -0.15) is 10.1 Å². The van der Waals surface area contributed by atoms with Crippen molar-refractivity contribution in [3.05, 3.63) is 58.1 Å². The Morgan fingerprint density at radius 3 is 2.92 bits per heavy atom. The number of piperidine rings is 1. The van der Waals surface area contributed by atoms with E-state index >= 15 is 0 Å². The molecular weight excluding hydrogens is 350 g/mol. The quantitative estimate of drug-likeness (QED) is 0.694. The van der Waals surface area contributed by atoms with E-state index in [1.165, 1.54) is 6.33 Å². The van der Waals surface area contributed by atoms with Crippen molar-refractivity contribution in [2.75, 3.05) is 13.1 Å². The molecule has 7 heteroatoms. The van der Waals surface area contributed by atoms with E-state index in [9.17, 15) is 4.79 Å². The average molecular weight is 370 g/mol. The number of nitrogens with zero attached hydrogens (tertiary/aromatic N) is 5. The van der Waals surface area contributed by atoms with Crippen molar-refractivity contribution in [3.63, 3.8) is 0 Å². The van der Waals surface area contributed by atoms with Gasteiger partial charge in [-0.1, -0.05) is 17.7 Å². The third kappa shape index (κ3) is 3.05. The summed E-state index contributed by atoms with van der Waals surface area (Å²) in [6.45, 7) is 5.30. The van der Waals surface area contributed by atoms with Crippen LogP contribution in [0.2, 0.25) is 5.02 Å². The zero-order chi connectivity index (χ0) is 18.3. The van der Waals surface area contributed by atoms with Crippen molar-refractivity contribution < 1.29 is 4.79 Å². The van der Waals surface area contributed by atoms with Crippen LogP contribution in [0.1, 0.15) is 46.1 Å². The second-order valence-electron chi connectivity index (χ2n) is 6.87. The number of fused-ring (bicyclic) bond motifs is 1. The number of aryl methyl sites for hydroxylation is 2. The molecule has 0 radical (unpaired) electrons. The van der Waals surface area contributed by atoms with Gasteiger partial charge in [0, 0.05) is 24.7 Å². The van der Waals surface area contributed by atoms with Crippen LogP contribution < -0.4 is 0 Å². The molecule has 0 spiro atoms. The fourth-order valence-corrected chi connectivity index (χ4v) is 3.93. The zero-order valence-corrected chi connectivity index (χ0v) is 15.6. The van der Waals surface area contributed by atoms with Gasteiger partial charge in [0.2, 0.25) is 0 Å². The second-order valence-corrected chi connectivity index (χ2v) is 7.28. The molecular formula is C19H20ClN5O. The summed E-state index contributed by atoms with van der Waals surface area (Å²) >= 11 is 6.30. The topological polar surface area (TPSA) is 63.4 Å². The number of carbonyl (C=O) groups excluding carboxylic acids is 1. The van der Waals surface area contributed by atoms with Crippen molar-refractivity contribution in [1.82, 2.24) is 24.5 Å². The Hall–Kier alpha value is -2.47. The monoisotopic (exact) mass is 369 g/mol. The predicted octanol–water partition coefficient (Wildman–Crippen LogP) is 3.41. The van der Waals surface area contributed by atoms with Crippen LogP contribution in [0.5, 0.6) is 0 Å². The molecule has 26 heavy (non-hydrogen) atoms. The highest BCUT2D eigenvalue weighted by atomic mass is 35.5. The fraction of sp³-hybridized carbons (Fsp3) is 0.368. The van der Waals surface area contributed by atoms with E-state index in [0.717, 1.165) is 36.3 Å². The van der Waals surface area contributed by atoms with E-state index in [1.54, 1.807) is 4.52 Å². The standard InChI is InChI=1S/C19H20ClN5O/c1-12-5-6-15(16(20)8-12)18(26)24-7-3-4-14(10-24)17-9-13(2)23-19-21-11-22-25(17)19/h5-6,8-9,11,14H,3-4,7,10H2,1-2H3. The molecule has 1 saturated heterocycles. The molecule has 1 aliphatic heterocycles. The third-order valence-corrected chi connectivity index (χ3v) is 5.20. The van der Waals surface area contributed by atoms with Crippen LogP contribution in [-0.4, -0.2) is 43.5 Å². The minimum Gasteiger partial charge on any atom is -0.338 e. The molecule has 6 nitrogen and oxygen atoms in total. The van der Waals surface area contributed by atoms with Gasteiger partial charge in [0.05, 0.1) is 16.3 Å². The van der Waals surface area contributed by atoms with Gasteiger partial charge >= 0.3 is 0 Å². The molecule has 1 unspecified atom stereocenters. The van der Waals surface area contributed by atoms with Crippen LogP contribution in [0.25, 0.3) is 5.78 Å². The Morgan fingerprint density at radius 1 is 1.27 bits per heavy atom. The Bertz CT molecular complexity index is 983. The lowest BCUT2D eigenvalue weighted by molar-refractivity contribution is 0.0705. The lowest BCUT2D eigenvalue weighted by Crippen LogP contribution is -2.39. The van der Waals surface area contributed by atoms with Crippen LogP contribution in [0.15, 0.2) is 30.6 Å². The van der Waals surface area contributed by atoms with Crippen molar-refractivity contribution in [2.45, 2.75) is 32.6 Å². The van der Waals surface area contributed by atoms with Crippen molar-refractivity contribution in [1.29, 1.82) is 0 Å². The number of rotatable bonds is 2. The number of likely N-dealkylation sites (tertiary alicyclic amines) is 1. The first-order chi connectivity index (χ1) is 12.5. The normalized spacial score (nSPS) is 17.7. The second kappa shape index (κ2) is 6.68. The summed E-state index contributed by atoms with van der Waals surface area (Å²) in [5.41, 5.74) is 3.57. The summed E-state index contributed by atoms with van der Waals surface area (Å²) < 4.78 is 1.78. The summed E-state index contributed by atoms with van der Waals surface area (Å²) in [6, 6.07) is 7.61. The smallest absolute Gasteiger partial charge is 0.255 e. The number of halogens is 1. The van der Waals surface area contributed by atoms with Crippen LogP contribution in [0.3, 0.4) is 0 Å². The molecule has 1 atom stereocenters.